The molecule has 4 nitrogen and oxygen atoms in total. The van der Waals surface area contributed by atoms with Crippen LogP contribution in [0.2, 0.25) is 0 Å². The van der Waals surface area contributed by atoms with Crippen molar-refractivity contribution in [3.63, 3.8) is 0 Å². The zero-order chi connectivity index (χ0) is 5.98. The number of rotatable bonds is 0. The number of hydrogen-bond acceptors (Lipinski definition) is 2. The summed E-state index contributed by atoms with van der Waals surface area (Å²) >= 11 is 0. The zero-order valence-corrected chi connectivity index (χ0v) is 6.85. The van der Waals surface area contributed by atoms with E-state index in [1.54, 1.807) is 0 Å². The summed E-state index contributed by atoms with van der Waals surface area (Å²) in [5, 5.41) is 4.76. The van der Waals surface area contributed by atoms with Gasteiger partial charge in [0.2, 0.25) is 0 Å². The predicted molar refractivity (Wildman–Crippen MR) is 26.0 cm³/mol. The number of carbonyl (C=O) groups excluding carboxylic acids is 2. The largest absolute Gasteiger partial charge is 0.346 e. The molecule has 0 atom stereocenters. The monoisotopic (exact) mass is 272 g/mol. The molecule has 0 bridgehead atoms. The van der Waals surface area contributed by atoms with E-state index in [0.29, 0.717) is 13.1 Å². The van der Waals surface area contributed by atoms with Gasteiger partial charge in [-0.05, 0) is 0 Å². The Balaban J connectivity index is 0.000000640. The summed E-state index contributed by atoms with van der Waals surface area (Å²) in [7, 11) is 0. The Hall–Kier alpha value is 0.265. The summed E-state index contributed by atoms with van der Waals surface area (Å²) in [6.07, 6.45) is 0. The van der Waals surface area contributed by atoms with Crippen LogP contribution in [0.4, 0.5) is 0 Å². The molecule has 0 aromatic heterocycles. The number of carbonyl (C=O) groups is 2. The molecule has 0 radical (unpaired) electrons. The molecular weight excluding hydrogens is 265 g/mol. The molecule has 0 unspecified atom stereocenters. The number of hydrogen-bond donors (Lipinski definition) is 2. The first-order valence-electron chi connectivity index (χ1n) is 2.37. The third-order valence-corrected chi connectivity index (χ3v) is 0.902. The first-order valence-corrected chi connectivity index (χ1v) is 2.37. The van der Waals surface area contributed by atoms with Crippen LogP contribution in [0, 0.1) is 39.9 Å². The van der Waals surface area contributed by atoms with Crippen molar-refractivity contribution in [1.82, 2.24) is 10.6 Å². The Kier molecular flexibility index (Phi) is 4.26. The van der Waals surface area contributed by atoms with Gasteiger partial charge >= 0.3 is 11.8 Å². The minimum atomic E-state index is -0.531. The molecule has 2 amide bonds. The van der Waals surface area contributed by atoms with Crippen molar-refractivity contribution in [3.05, 3.63) is 0 Å². The van der Waals surface area contributed by atoms with Crippen molar-refractivity contribution in [3.8, 4) is 0 Å². The van der Waals surface area contributed by atoms with Gasteiger partial charge in [0.15, 0.2) is 0 Å². The minimum absolute atomic E-state index is 0. The normalized spacial score (nSPS) is 17.3. The average Bonchev–Trinajstić information content (AvgIpc) is 1.77. The van der Waals surface area contributed by atoms with Crippen molar-refractivity contribution < 1.29 is 49.5 Å². The van der Waals surface area contributed by atoms with Crippen LogP contribution in [0.1, 0.15) is 0 Å². The molecule has 1 aliphatic heterocycles. The van der Waals surface area contributed by atoms with Crippen molar-refractivity contribution in [2.75, 3.05) is 13.1 Å². The van der Waals surface area contributed by atoms with Gasteiger partial charge in [-0.3, -0.25) is 9.59 Å². The van der Waals surface area contributed by atoms with E-state index in [0.717, 1.165) is 0 Å². The molecule has 2 N–H and O–H groups in total. The third kappa shape index (κ3) is 2.56. The quantitative estimate of drug-likeness (QED) is 0.513. The van der Waals surface area contributed by atoms with Gasteiger partial charge in [0, 0.05) is 53.0 Å². The van der Waals surface area contributed by atoms with Crippen LogP contribution >= 0.6 is 0 Å². The van der Waals surface area contributed by atoms with Crippen LogP contribution in [0.15, 0.2) is 0 Å². The molecule has 9 heavy (non-hydrogen) atoms. The van der Waals surface area contributed by atoms with Crippen LogP contribution in [0.25, 0.3) is 0 Å². The summed E-state index contributed by atoms with van der Waals surface area (Å²) in [6, 6.07) is 0. The van der Waals surface area contributed by atoms with Crippen LogP contribution in [0.3, 0.4) is 0 Å². The molecule has 0 aliphatic carbocycles. The second-order valence-electron chi connectivity index (χ2n) is 1.51. The molecule has 0 saturated carbocycles. The molecule has 1 rings (SSSR count). The van der Waals surface area contributed by atoms with E-state index in [9.17, 15) is 9.59 Å². The van der Waals surface area contributed by atoms with Crippen molar-refractivity contribution in [2.45, 2.75) is 0 Å². The Morgan fingerprint density at radius 1 is 1.00 bits per heavy atom. The molecule has 1 aliphatic rings. The van der Waals surface area contributed by atoms with Gasteiger partial charge in [-0.2, -0.15) is 0 Å². The molecular formula is C4H6GdN2O2. The predicted octanol–water partition coefficient (Wildman–Crippen LogP) is -1.77. The molecule has 1 fully saturated rings. The van der Waals surface area contributed by atoms with E-state index in [1.165, 1.54) is 0 Å². The van der Waals surface area contributed by atoms with Gasteiger partial charge in [-0.15, -0.1) is 0 Å². The topological polar surface area (TPSA) is 58.2 Å². The number of amides is 2. The summed E-state index contributed by atoms with van der Waals surface area (Å²) in [4.78, 5) is 20.5. The summed E-state index contributed by atoms with van der Waals surface area (Å²) < 4.78 is 0. The van der Waals surface area contributed by atoms with Gasteiger partial charge in [0.1, 0.15) is 0 Å². The van der Waals surface area contributed by atoms with Gasteiger partial charge in [-0.1, -0.05) is 0 Å². The molecule has 0 aromatic rings. The maximum Gasteiger partial charge on any atom is 0.309 e. The number of piperazine rings is 1. The molecule has 1 saturated heterocycles. The van der Waals surface area contributed by atoms with Gasteiger partial charge in [0.05, 0.1) is 0 Å². The average molecular weight is 271 g/mol. The van der Waals surface area contributed by atoms with E-state index >= 15 is 0 Å². The molecule has 0 spiro atoms. The Labute approximate surface area is 84.4 Å². The fraction of sp³-hybridized carbons (Fsp3) is 0.500. The fourth-order valence-electron chi connectivity index (χ4n) is 0.513. The first kappa shape index (κ1) is 9.26. The van der Waals surface area contributed by atoms with Crippen molar-refractivity contribution in [2.24, 2.45) is 0 Å². The smallest absolute Gasteiger partial charge is 0.309 e. The van der Waals surface area contributed by atoms with E-state index in [2.05, 4.69) is 10.6 Å². The van der Waals surface area contributed by atoms with Gasteiger partial charge < -0.3 is 10.6 Å². The van der Waals surface area contributed by atoms with E-state index in [-0.39, 0.29) is 39.9 Å². The van der Waals surface area contributed by atoms with Gasteiger partial charge in [-0.25, -0.2) is 0 Å². The molecule has 5 heteroatoms. The molecule has 0 aromatic carbocycles. The van der Waals surface area contributed by atoms with E-state index < -0.39 is 11.8 Å². The Bertz CT molecular complexity index is 121. The maximum absolute atomic E-state index is 10.3. The summed E-state index contributed by atoms with van der Waals surface area (Å²) in [6.45, 7) is 1.09. The summed E-state index contributed by atoms with van der Waals surface area (Å²) in [5.41, 5.74) is 0. The van der Waals surface area contributed by atoms with Crippen LogP contribution < -0.4 is 10.6 Å². The Morgan fingerprint density at radius 3 is 1.56 bits per heavy atom. The first-order chi connectivity index (χ1) is 3.80. The zero-order valence-electron chi connectivity index (χ0n) is 4.58. The van der Waals surface area contributed by atoms with Crippen LogP contribution in [-0.2, 0) is 9.59 Å². The van der Waals surface area contributed by atoms with E-state index in [4.69, 9.17) is 0 Å². The number of nitrogens with one attached hydrogen (secondary N) is 2. The van der Waals surface area contributed by atoms with Crippen molar-refractivity contribution in [1.29, 1.82) is 0 Å². The Morgan fingerprint density at radius 2 is 1.33 bits per heavy atom. The third-order valence-electron chi connectivity index (χ3n) is 0.902. The minimum Gasteiger partial charge on any atom is -0.346 e. The molecule has 1 heterocycles. The fourth-order valence-corrected chi connectivity index (χ4v) is 0.513. The second kappa shape index (κ2) is 4.14. The van der Waals surface area contributed by atoms with Crippen LogP contribution in [0.5, 0.6) is 0 Å². The van der Waals surface area contributed by atoms with Crippen LogP contribution in [-0.4, -0.2) is 24.9 Å². The standard InChI is InChI=1S/C4H6N2O2.Gd/c7-3-4(8)6-2-1-5-3;/h1-2H2,(H,5,7)(H,6,8);. The maximum atomic E-state index is 10.3. The SMILES string of the molecule is O=C1NCCNC1=O.[Gd]. The van der Waals surface area contributed by atoms with Crippen molar-refractivity contribution >= 4 is 11.8 Å². The van der Waals surface area contributed by atoms with E-state index in [1.807, 2.05) is 0 Å². The summed E-state index contributed by atoms with van der Waals surface area (Å²) in [5.74, 6) is -1.06. The second-order valence-corrected chi connectivity index (χ2v) is 1.51. The van der Waals surface area contributed by atoms with Gasteiger partial charge in [0.25, 0.3) is 0 Å². The molecule has 52 valence electrons.